The molecule has 1 aromatic heterocycles. The molecule has 4 aliphatic heterocycles. The number of carbonyl (C=O) groups is 4. The molecule has 326 valence electrons. The number of nitrogens with one attached hydrogen (secondary N) is 3. The van der Waals surface area contributed by atoms with E-state index < -0.39 is 97.9 Å². The molecule has 0 radical (unpaired) electrons. The smallest absolute Gasteiger partial charge is 0.437 e. The van der Waals surface area contributed by atoms with Gasteiger partial charge in [0.1, 0.15) is 29.0 Å². The number of hydrogen-bond acceptors (Lipinski definition) is 11. The molecule has 4 N–H and O–H groups in total. The number of nitrogens with zero attached hydrogens (tertiary/aromatic N) is 3. The second kappa shape index (κ2) is 15.3. The van der Waals surface area contributed by atoms with Crippen molar-refractivity contribution in [1.29, 1.82) is 0 Å². The van der Waals surface area contributed by atoms with Gasteiger partial charge in [-0.15, -0.1) is 0 Å². The lowest BCUT2D eigenvalue weighted by atomic mass is 9.82. The topological polar surface area (TPSA) is 206 Å². The van der Waals surface area contributed by atoms with Gasteiger partial charge in [-0.1, -0.05) is 25.0 Å². The van der Waals surface area contributed by atoms with E-state index in [4.69, 9.17) is 14.2 Å². The highest BCUT2D eigenvalue weighted by molar-refractivity contribution is 7.91. The minimum Gasteiger partial charge on any atom is -0.497 e. The first-order valence-electron chi connectivity index (χ1n) is 20.3. The number of allylic oxidation sites excluding steroid dienone is 1. The normalized spacial score (nSPS) is 31.3. The summed E-state index contributed by atoms with van der Waals surface area (Å²) in [5, 5.41) is 15.2. The van der Waals surface area contributed by atoms with Crippen molar-refractivity contribution in [2.45, 2.75) is 111 Å². The lowest BCUT2D eigenvalue weighted by Crippen LogP contribution is -2.58. The highest BCUT2D eigenvalue weighted by Gasteiger charge is 2.64. The maximum absolute atomic E-state index is 15.1. The molecular formula is C40H49F3N6O10S. The Labute approximate surface area is 344 Å². The first kappa shape index (κ1) is 42.0. The Morgan fingerprint density at radius 1 is 1.07 bits per heavy atom. The number of carbonyl (C=O) groups excluding carboxylic acids is 3. The molecule has 5 heterocycles. The molecule has 16 nitrogen and oxygen atoms in total. The Kier molecular flexibility index (Phi) is 10.7. The number of ether oxygens (including phenoxy) is 3. The van der Waals surface area contributed by atoms with E-state index in [0.717, 1.165) is 4.90 Å². The third kappa shape index (κ3) is 7.74. The summed E-state index contributed by atoms with van der Waals surface area (Å²) in [6.07, 6.45) is -0.0571. The van der Waals surface area contributed by atoms with Crippen LogP contribution >= 0.6 is 0 Å². The van der Waals surface area contributed by atoms with Gasteiger partial charge in [0.2, 0.25) is 21.8 Å². The van der Waals surface area contributed by atoms with Crippen LogP contribution in [-0.4, -0.2) is 120 Å². The van der Waals surface area contributed by atoms with Crippen LogP contribution in [0.25, 0.3) is 10.9 Å². The molecule has 2 aliphatic carbocycles. The summed E-state index contributed by atoms with van der Waals surface area (Å²) in [5.41, 5.74) is -4.37. The lowest BCUT2D eigenvalue weighted by Gasteiger charge is -2.45. The van der Waals surface area contributed by atoms with E-state index in [-0.39, 0.29) is 36.8 Å². The Morgan fingerprint density at radius 2 is 1.80 bits per heavy atom. The van der Waals surface area contributed by atoms with E-state index in [1.807, 2.05) is 11.0 Å². The predicted octanol–water partition coefficient (Wildman–Crippen LogP) is 3.79. The number of halogens is 3. The Morgan fingerprint density at radius 3 is 2.48 bits per heavy atom. The largest absolute Gasteiger partial charge is 0.497 e. The van der Waals surface area contributed by atoms with Crippen LogP contribution in [0.3, 0.4) is 0 Å². The van der Waals surface area contributed by atoms with Gasteiger partial charge in [0.05, 0.1) is 37.1 Å². The number of methoxy groups -OCH3 is 1. The molecule has 20 heteroatoms. The minimum absolute atomic E-state index is 0.00598. The van der Waals surface area contributed by atoms with Crippen molar-refractivity contribution in [3.8, 4) is 11.5 Å². The zero-order valence-electron chi connectivity index (χ0n) is 33.3. The van der Waals surface area contributed by atoms with Crippen molar-refractivity contribution in [1.82, 2.24) is 30.1 Å². The number of hydrogen-bond donors (Lipinski definition) is 4. The fourth-order valence-corrected chi connectivity index (χ4v) is 10.6. The summed E-state index contributed by atoms with van der Waals surface area (Å²) >= 11 is 0. The Bertz CT molecular complexity index is 2230. The molecule has 2 aromatic rings. The average Bonchev–Trinajstić information content (AvgIpc) is 4.10. The highest BCUT2D eigenvalue weighted by Crippen LogP contribution is 2.54. The number of pyridine rings is 1. The SMILES string of the molecule is COc1ccc2nc(C(F)(F)F)c3c(c2c1)C(N1CCOCC1)C[C@]1(C[C@H]2C(=O)N[C@]4(C(=O)NS(=O)(=O)C5(C)CC5)C[C@H]4/C=C\CCCCC[C@H](NC(=O)O)C(=O)N2C1)O3. The number of sulfonamides is 1. The average molecular weight is 863 g/mol. The summed E-state index contributed by atoms with van der Waals surface area (Å²) in [5.74, 6) is -3.35. The molecule has 60 heavy (non-hydrogen) atoms. The van der Waals surface area contributed by atoms with Gasteiger partial charge in [0.25, 0.3) is 5.91 Å². The zero-order chi connectivity index (χ0) is 42.8. The van der Waals surface area contributed by atoms with E-state index in [9.17, 15) is 32.7 Å². The van der Waals surface area contributed by atoms with Gasteiger partial charge in [0, 0.05) is 48.8 Å². The Hall–Kier alpha value is -4.69. The van der Waals surface area contributed by atoms with Crippen molar-refractivity contribution >= 4 is 44.7 Å². The molecule has 1 aromatic carbocycles. The van der Waals surface area contributed by atoms with Gasteiger partial charge >= 0.3 is 12.3 Å². The van der Waals surface area contributed by atoms with Crippen molar-refractivity contribution in [3.05, 3.63) is 41.6 Å². The zero-order valence-corrected chi connectivity index (χ0v) is 34.1. The molecule has 4 amide bonds. The van der Waals surface area contributed by atoms with Gasteiger partial charge in [-0.25, -0.2) is 18.2 Å². The van der Waals surface area contributed by atoms with Crippen molar-refractivity contribution in [2.24, 2.45) is 5.92 Å². The number of benzene rings is 1. The molecule has 1 unspecified atom stereocenters. The van der Waals surface area contributed by atoms with E-state index in [2.05, 4.69) is 20.3 Å². The first-order chi connectivity index (χ1) is 28.4. The van der Waals surface area contributed by atoms with Crippen LogP contribution < -0.4 is 24.8 Å². The van der Waals surface area contributed by atoms with E-state index in [0.29, 0.717) is 76.0 Å². The predicted molar refractivity (Wildman–Crippen MR) is 207 cm³/mol. The summed E-state index contributed by atoms with van der Waals surface area (Å²) in [4.78, 5) is 62.6. The molecule has 2 saturated carbocycles. The van der Waals surface area contributed by atoms with Gasteiger partial charge in [-0.2, -0.15) is 13.2 Å². The number of rotatable bonds is 6. The molecule has 0 bridgehead atoms. The van der Waals surface area contributed by atoms with Crippen LogP contribution in [-0.2, 0) is 35.3 Å². The number of amides is 4. The van der Waals surface area contributed by atoms with Crippen molar-refractivity contribution < 1.29 is 60.1 Å². The van der Waals surface area contributed by atoms with Gasteiger partial charge < -0.3 is 34.9 Å². The van der Waals surface area contributed by atoms with E-state index in [1.165, 1.54) is 26.2 Å². The minimum atomic E-state index is -5.00. The standard InChI is InChI=1S/C40H49F3N6O10S/c1-37(12-13-37)60(55,56)47-35(52)39-19-23(39)8-6-4-3-5-7-9-27(45-36(53)54)34(51)49-22-38(21-29(49)33(50)46-39)20-28(48-14-16-58-17-15-48)30-25-18-24(57-2)10-11-26(25)44-32(31(30)59-38)40(41,42)43/h6,8,10-11,18,23,27-29,45H,3-5,7,9,12-17,19-22H2,1-2H3,(H,46,50)(H,47,52)(H,53,54)/b8-6-/t23-,27+,28?,29+,38-,39-/m1/s1. The molecule has 1 spiro atoms. The molecule has 8 rings (SSSR count). The highest BCUT2D eigenvalue weighted by atomic mass is 32.2. The summed E-state index contributed by atoms with van der Waals surface area (Å²) in [7, 11) is -2.69. The fourth-order valence-electron chi connectivity index (χ4n) is 9.27. The monoisotopic (exact) mass is 862 g/mol. The maximum Gasteiger partial charge on any atom is 0.437 e. The van der Waals surface area contributed by atoms with Gasteiger partial charge in [-0.3, -0.25) is 24.0 Å². The first-order valence-corrected chi connectivity index (χ1v) is 21.8. The van der Waals surface area contributed by atoms with Crippen LogP contribution in [0, 0.1) is 5.92 Å². The number of carboxylic acid groups (broad SMARTS) is 1. The van der Waals surface area contributed by atoms with Crippen LogP contribution in [0.2, 0.25) is 0 Å². The second-order valence-corrected chi connectivity index (χ2v) is 19.3. The molecule has 6 atom stereocenters. The molecule has 4 fully saturated rings. The number of aromatic nitrogens is 1. The van der Waals surface area contributed by atoms with E-state index >= 15 is 13.2 Å². The van der Waals surface area contributed by atoms with Crippen molar-refractivity contribution in [3.63, 3.8) is 0 Å². The molecule has 6 aliphatic rings. The number of fused-ring (bicyclic) bond motifs is 5. The fraction of sp³-hybridized carbons (Fsp3) is 0.625. The number of morpholine rings is 1. The number of alkyl halides is 3. The Balaban J connectivity index is 1.23. The van der Waals surface area contributed by atoms with Crippen molar-refractivity contribution in [2.75, 3.05) is 40.0 Å². The molecular weight excluding hydrogens is 814 g/mol. The third-order valence-electron chi connectivity index (χ3n) is 13.1. The summed E-state index contributed by atoms with van der Waals surface area (Å²) in [6, 6.07) is 1.01. The summed E-state index contributed by atoms with van der Waals surface area (Å²) < 4.78 is 90.6. The van der Waals surface area contributed by atoms with Gasteiger partial charge in [0.15, 0.2) is 11.4 Å². The lowest BCUT2D eigenvalue weighted by molar-refractivity contribution is -0.145. The summed E-state index contributed by atoms with van der Waals surface area (Å²) in [6.45, 7) is 2.40. The molecule has 2 saturated heterocycles. The van der Waals surface area contributed by atoms with E-state index in [1.54, 1.807) is 12.1 Å². The second-order valence-electron chi connectivity index (χ2n) is 17.1. The quantitative estimate of drug-likeness (QED) is 0.307. The van der Waals surface area contributed by atoms with Gasteiger partial charge in [-0.05, 0) is 63.6 Å². The maximum atomic E-state index is 15.1. The van der Waals surface area contributed by atoms with Crippen LogP contribution in [0.1, 0.15) is 88.4 Å². The van der Waals surface area contributed by atoms with Crippen LogP contribution in [0.15, 0.2) is 30.4 Å². The van der Waals surface area contributed by atoms with Crippen LogP contribution in [0.4, 0.5) is 18.0 Å². The third-order valence-corrected chi connectivity index (χ3v) is 15.2. The van der Waals surface area contributed by atoms with Crippen LogP contribution in [0.5, 0.6) is 11.5 Å².